The first kappa shape index (κ1) is 20.5. The van der Waals surface area contributed by atoms with Crippen molar-refractivity contribution in [2.75, 3.05) is 37.4 Å². The van der Waals surface area contributed by atoms with Crippen molar-refractivity contribution < 1.29 is 9.21 Å². The van der Waals surface area contributed by atoms with E-state index in [1.54, 1.807) is 25.1 Å². The third-order valence-corrected chi connectivity index (χ3v) is 5.93. The number of halogens is 1. The number of nitrogens with one attached hydrogen (secondary N) is 1. The fourth-order valence-electron chi connectivity index (χ4n) is 3.82. The van der Waals surface area contributed by atoms with Gasteiger partial charge in [0.25, 0.3) is 5.91 Å². The lowest BCUT2D eigenvalue weighted by molar-refractivity contribution is 0.102. The maximum atomic E-state index is 12.8. The quantitative estimate of drug-likeness (QED) is 0.604. The van der Waals surface area contributed by atoms with Crippen molar-refractivity contribution in [3.05, 3.63) is 70.9 Å². The highest BCUT2D eigenvalue weighted by molar-refractivity contribution is 6.30. The monoisotopic (exact) mass is 423 g/mol. The number of hydrogen-bond donors (Lipinski definition) is 1. The Morgan fingerprint density at radius 1 is 1.13 bits per heavy atom. The molecule has 2 aromatic carbocycles. The van der Waals surface area contributed by atoms with Crippen LogP contribution < -0.4 is 10.2 Å². The van der Waals surface area contributed by atoms with Crippen LogP contribution in [0.5, 0.6) is 0 Å². The summed E-state index contributed by atoms with van der Waals surface area (Å²) < 4.78 is 5.80. The smallest absolute Gasteiger partial charge is 0.259 e. The summed E-state index contributed by atoms with van der Waals surface area (Å²) in [4.78, 5) is 17.4. The van der Waals surface area contributed by atoms with Crippen LogP contribution in [0.15, 0.2) is 59.0 Å². The van der Waals surface area contributed by atoms with E-state index in [-0.39, 0.29) is 5.91 Å². The molecule has 1 amide bonds. The molecular formula is C24H26ClN3O2. The van der Waals surface area contributed by atoms with Gasteiger partial charge in [-0.15, -0.1) is 0 Å². The zero-order chi connectivity index (χ0) is 21.3. The molecule has 1 saturated heterocycles. The molecule has 5 nitrogen and oxygen atoms in total. The minimum atomic E-state index is -0.182. The Balaban J connectivity index is 1.43. The molecule has 1 fully saturated rings. The molecule has 1 unspecified atom stereocenters. The summed E-state index contributed by atoms with van der Waals surface area (Å²) in [6.45, 7) is 3.88. The summed E-state index contributed by atoms with van der Waals surface area (Å²) in [5.74, 6) is 1.05. The van der Waals surface area contributed by atoms with E-state index in [1.165, 1.54) is 12.1 Å². The molecule has 4 rings (SSSR count). The van der Waals surface area contributed by atoms with Crippen LogP contribution in [0.3, 0.4) is 0 Å². The van der Waals surface area contributed by atoms with Gasteiger partial charge >= 0.3 is 0 Å². The van der Waals surface area contributed by atoms with E-state index in [0.29, 0.717) is 28.1 Å². The molecule has 0 spiro atoms. The van der Waals surface area contributed by atoms with Crippen LogP contribution in [-0.4, -0.2) is 44.0 Å². The Hall–Kier alpha value is -2.76. The Kier molecular flexibility index (Phi) is 5.84. The molecule has 2 heterocycles. The number of furan rings is 1. The number of likely N-dealkylation sites (N-methyl/N-ethyl adjacent to an activating group) is 1. The molecule has 1 atom stereocenters. The van der Waals surface area contributed by atoms with E-state index in [0.717, 1.165) is 24.3 Å². The van der Waals surface area contributed by atoms with Crippen molar-refractivity contribution in [1.82, 2.24) is 4.90 Å². The molecular weight excluding hydrogens is 398 g/mol. The minimum Gasteiger partial charge on any atom is -0.461 e. The average Bonchev–Trinajstić information content (AvgIpc) is 3.36. The highest BCUT2D eigenvalue weighted by Gasteiger charge is 2.24. The summed E-state index contributed by atoms with van der Waals surface area (Å²) in [6.07, 6.45) is 1.17. The first-order valence-electron chi connectivity index (χ1n) is 10.1. The molecule has 0 bridgehead atoms. The van der Waals surface area contributed by atoms with Gasteiger partial charge in [0.05, 0.1) is 5.56 Å². The fourth-order valence-corrected chi connectivity index (χ4v) is 3.94. The van der Waals surface area contributed by atoms with Gasteiger partial charge in [-0.1, -0.05) is 11.6 Å². The van der Waals surface area contributed by atoms with Crippen molar-refractivity contribution in [2.24, 2.45) is 0 Å². The van der Waals surface area contributed by atoms with E-state index in [2.05, 4.69) is 41.3 Å². The number of anilines is 2. The summed E-state index contributed by atoms with van der Waals surface area (Å²) in [5, 5.41) is 3.63. The highest BCUT2D eigenvalue weighted by atomic mass is 35.5. The average molecular weight is 424 g/mol. The third kappa shape index (κ3) is 4.37. The number of rotatable bonds is 5. The molecule has 156 valence electrons. The van der Waals surface area contributed by atoms with Gasteiger partial charge in [0, 0.05) is 41.1 Å². The van der Waals surface area contributed by atoms with Gasteiger partial charge in [0.2, 0.25) is 0 Å². The van der Waals surface area contributed by atoms with Crippen LogP contribution in [0.2, 0.25) is 5.02 Å². The number of carbonyl (C=O) groups excluding carboxylic acids is 1. The second-order valence-corrected chi connectivity index (χ2v) is 8.38. The predicted molar refractivity (Wildman–Crippen MR) is 123 cm³/mol. The molecule has 0 aliphatic carbocycles. The summed E-state index contributed by atoms with van der Waals surface area (Å²) in [7, 11) is 4.26. The van der Waals surface area contributed by atoms with E-state index in [1.807, 2.05) is 24.3 Å². The van der Waals surface area contributed by atoms with Crippen LogP contribution in [0, 0.1) is 6.92 Å². The molecule has 30 heavy (non-hydrogen) atoms. The maximum absolute atomic E-state index is 12.8. The normalized spacial score (nSPS) is 16.3. The molecule has 1 aliphatic rings. The van der Waals surface area contributed by atoms with E-state index in [9.17, 15) is 4.79 Å². The predicted octanol–water partition coefficient (Wildman–Crippen LogP) is 5.30. The van der Waals surface area contributed by atoms with Crippen LogP contribution in [0.4, 0.5) is 11.4 Å². The Morgan fingerprint density at radius 3 is 2.47 bits per heavy atom. The molecule has 3 aromatic rings. The van der Waals surface area contributed by atoms with Crippen LogP contribution >= 0.6 is 11.6 Å². The van der Waals surface area contributed by atoms with Crippen molar-refractivity contribution in [2.45, 2.75) is 19.4 Å². The van der Waals surface area contributed by atoms with Crippen molar-refractivity contribution in [3.63, 3.8) is 0 Å². The van der Waals surface area contributed by atoms with E-state index < -0.39 is 0 Å². The number of hydrogen-bond acceptors (Lipinski definition) is 4. The van der Waals surface area contributed by atoms with Gasteiger partial charge in [-0.3, -0.25) is 4.79 Å². The van der Waals surface area contributed by atoms with Crippen LogP contribution in [0.25, 0.3) is 11.3 Å². The molecule has 1 aromatic heterocycles. The lowest BCUT2D eigenvalue weighted by Gasteiger charge is -2.22. The lowest BCUT2D eigenvalue weighted by atomic mass is 10.1. The largest absolute Gasteiger partial charge is 0.461 e. The number of benzene rings is 2. The molecule has 1 N–H and O–H groups in total. The van der Waals surface area contributed by atoms with E-state index in [4.69, 9.17) is 16.0 Å². The first-order chi connectivity index (χ1) is 14.4. The maximum Gasteiger partial charge on any atom is 0.259 e. The fraction of sp³-hybridized carbons (Fsp3) is 0.292. The number of amides is 1. The first-order valence-corrected chi connectivity index (χ1v) is 10.5. The highest BCUT2D eigenvalue weighted by Crippen LogP contribution is 2.28. The number of nitrogens with zero attached hydrogens (tertiary/aromatic N) is 2. The van der Waals surface area contributed by atoms with Gasteiger partial charge in [0.15, 0.2) is 0 Å². The molecule has 6 heteroatoms. The van der Waals surface area contributed by atoms with Crippen molar-refractivity contribution in [1.29, 1.82) is 0 Å². The molecule has 0 radical (unpaired) electrons. The molecule has 1 aliphatic heterocycles. The Bertz CT molecular complexity index is 1030. The Labute approximate surface area is 182 Å². The van der Waals surface area contributed by atoms with E-state index >= 15 is 0 Å². The van der Waals surface area contributed by atoms with Gasteiger partial charge in [-0.2, -0.15) is 0 Å². The lowest BCUT2D eigenvalue weighted by Crippen LogP contribution is -2.31. The standard InChI is InChI=1S/C24H26ClN3O2/c1-16-22(14-23(30-16)17-4-6-18(25)7-5-17)24(29)26-19-8-10-20(11-9-19)28-13-12-21(15-28)27(2)3/h4-11,14,21H,12-13,15H2,1-3H3,(H,26,29). The van der Waals surface area contributed by atoms with Gasteiger partial charge in [0.1, 0.15) is 11.5 Å². The van der Waals surface area contributed by atoms with Crippen LogP contribution in [-0.2, 0) is 0 Å². The van der Waals surface area contributed by atoms with Crippen molar-refractivity contribution in [3.8, 4) is 11.3 Å². The Morgan fingerprint density at radius 2 is 1.83 bits per heavy atom. The molecule has 0 saturated carbocycles. The van der Waals surface area contributed by atoms with Gasteiger partial charge in [-0.05, 0) is 82.0 Å². The summed E-state index contributed by atoms with van der Waals surface area (Å²) >= 11 is 5.95. The summed E-state index contributed by atoms with van der Waals surface area (Å²) in [5.41, 5.74) is 3.35. The van der Waals surface area contributed by atoms with Gasteiger partial charge in [-0.25, -0.2) is 0 Å². The van der Waals surface area contributed by atoms with Crippen LogP contribution in [0.1, 0.15) is 22.5 Å². The zero-order valence-corrected chi connectivity index (χ0v) is 18.2. The topological polar surface area (TPSA) is 48.7 Å². The number of aryl methyl sites for hydroxylation is 1. The van der Waals surface area contributed by atoms with Crippen molar-refractivity contribution >= 4 is 28.9 Å². The second kappa shape index (κ2) is 8.54. The minimum absolute atomic E-state index is 0.182. The number of carbonyl (C=O) groups is 1. The second-order valence-electron chi connectivity index (χ2n) is 7.94. The summed E-state index contributed by atoms with van der Waals surface area (Å²) in [6, 6.07) is 17.7. The van der Waals surface area contributed by atoms with Gasteiger partial charge < -0.3 is 19.5 Å². The SMILES string of the molecule is Cc1oc(-c2ccc(Cl)cc2)cc1C(=O)Nc1ccc(N2CCC(N(C)C)C2)cc1. The zero-order valence-electron chi connectivity index (χ0n) is 17.5. The third-order valence-electron chi connectivity index (χ3n) is 5.68.